The van der Waals surface area contributed by atoms with Gasteiger partial charge < -0.3 is 10.2 Å². The first-order valence-electron chi connectivity index (χ1n) is 9.07. The number of hydrogen-bond acceptors (Lipinski definition) is 3. The second-order valence-corrected chi connectivity index (χ2v) is 9.19. The van der Waals surface area contributed by atoms with Crippen LogP contribution in [0.4, 0.5) is 0 Å². The number of carbonyl (C=O) groups excluding carboxylic acids is 3. The molecule has 0 aliphatic carbocycles. The van der Waals surface area contributed by atoms with Gasteiger partial charge in [-0.1, -0.05) is 59.7 Å². The van der Waals surface area contributed by atoms with E-state index in [2.05, 4.69) is 5.32 Å². The number of rotatable bonds is 4. The summed E-state index contributed by atoms with van der Waals surface area (Å²) >= 11 is 0. The molecule has 1 aliphatic rings. The van der Waals surface area contributed by atoms with Crippen LogP contribution < -0.4 is 5.32 Å². The van der Waals surface area contributed by atoms with Gasteiger partial charge in [0.25, 0.3) is 5.91 Å². The van der Waals surface area contributed by atoms with Crippen LogP contribution in [0, 0.1) is 10.8 Å². The molecule has 0 fully saturated rings. The molecule has 2 unspecified atom stereocenters. The minimum atomic E-state index is -0.646. The van der Waals surface area contributed by atoms with Crippen LogP contribution in [0.2, 0.25) is 0 Å². The number of Topliss-reactive ketones (excluding diaryl/α,β-unsaturated/α-hetero) is 1. The maximum absolute atomic E-state index is 12.9. The summed E-state index contributed by atoms with van der Waals surface area (Å²) in [5.41, 5.74) is 0.590. The van der Waals surface area contributed by atoms with Crippen LogP contribution in [0.5, 0.6) is 0 Å². The molecule has 0 aromatic heterocycles. The molecule has 0 radical (unpaired) electrons. The summed E-state index contributed by atoms with van der Waals surface area (Å²) in [6, 6.07) is 6.13. The van der Waals surface area contributed by atoms with Crippen molar-refractivity contribution in [1.29, 1.82) is 0 Å². The van der Waals surface area contributed by atoms with Gasteiger partial charge in [0.2, 0.25) is 5.91 Å². The smallest absolute Gasteiger partial charge is 0.255 e. The second-order valence-electron chi connectivity index (χ2n) is 9.19. The fourth-order valence-corrected chi connectivity index (χ4v) is 3.10. The lowest BCUT2D eigenvalue weighted by Gasteiger charge is -2.36. The lowest BCUT2D eigenvalue weighted by molar-refractivity contribution is -0.136. The molecule has 2 rings (SSSR count). The molecule has 1 heterocycles. The number of ketones is 1. The summed E-state index contributed by atoms with van der Waals surface area (Å²) in [5.74, 6) is -0.456. The van der Waals surface area contributed by atoms with Crippen molar-refractivity contribution >= 4 is 17.6 Å². The Labute approximate surface area is 156 Å². The van der Waals surface area contributed by atoms with Crippen molar-refractivity contribution in [2.24, 2.45) is 10.8 Å². The molecule has 5 nitrogen and oxygen atoms in total. The molecule has 142 valence electrons. The van der Waals surface area contributed by atoms with Crippen molar-refractivity contribution in [3.63, 3.8) is 0 Å². The van der Waals surface area contributed by atoms with E-state index in [9.17, 15) is 14.4 Å². The fraction of sp³-hybridized carbons (Fsp3) is 0.571. The zero-order chi connectivity index (χ0) is 19.9. The van der Waals surface area contributed by atoms with E-state index in [1.165, 1.54) is 0 Å². The van der Waals surface area contributed by atoms with Crippen LogP contribution in [0.3, 0.4) is 0 Å². The SMILES string of the molecule is CC(C(=O)NC(C(=O)C(C)(C)C)C(C)(C)C)N1Cc2ccccc2C1=O. The van der Waals surface area contributed by atoms with Gasteiger partial charge in [-0.15, -0.1) is 0 Å². The highest BCUT2D eigenvalue weighted by molar-refractivity contribution is 6.01. The lowest BCUT2D eigenvalue weighted by Crippen LogP contribution is -2.56. The van der Waals surface area contributed by atoms with Gasteiger partial charge in [0.15, 0.2) is 5.78 Å². The second kappa shape index (κ2) is 6.86. The van der Waals surface area contributed by atoms with E-state index >= 15 is 0 Å². The molecule has 1 N–H and O–H groups in total. The van der Waals surface area contributed by atoms with Gasteiger partial charge in [0.05, 0.1) is 6.04 Å². The molecule has 0 spiro atoms. The monoisotopic (exact) mass is 358 g/mol. The molecule has 1 aromatic rings. The van der Waals surface area contributed by atoms with Crippen molar-refractivity contribution < 1.29 is 14.4 Å². The van der Waals surface area contributed by atoms with Gasteiger partial charge in [-0.2, -0.15) is 0 Å². The highest BCUT2D eigenvalue weighted by Crippen LogP contribution is 2.29. The van der Waals surface area contributed by atoms with Crippen molar-refractivity contribution in [1.82, 2.24) is 10.2 Å². The molecule has 0 saturated heterocycles. The summed E-state index contributed by atoms with van der Waals surface area (Å²) < 4.78 is 0. The third-order valence-electron chi connectivity index (χ3n) is 4.85. The lowest BCUT2D eigenvalue weighted by atomic mass is 9.75. The first-order chi connectivity index (χ1) is 11.8. The van der Waals surface area contributed by atoms with Crippen LogP contribution in [-0.2, 0) is 16.1 Å². The van der Waals surface area contributed by atoms with Gasteiger partial charge in [0.1, 0.15) is 6.04 Å². The highest BCUT2D eigenvalue weighted by Gasteiger charge is 2.40. The Kier molecular flexibility index (Phi) is 5.31. The Balaban J connectivity index is 2.18. The van der Waals surface area contributed by atoms with E-state index in [-0.39, 0.29) is 17.6 Å². The first kappa shape index (κ1) is 20.1. The molecule has 0 bridgehead atoms. The minimum absolute atomic E-state index is 0.0124. The molecule has 1 aliphatic heterocycles. The van der Waals surface area contributed by atoms with Crippen molar-refractivity contribution in [2.45, 2.75) is 67.1 Å². The van der Waals surface area contributed by atoms with Gasteiger partial charge in [-0.05, 0) is 24.0 Å². The van der Waals surface area contributed by atoms with Gasteiger partial charge in [0, 0.05) is 17.5 Å². The Hall–Kier alpha value is -2.17. The van der Waals surface area contributed by atoms with Crippen molar-refractivity contribution in [3.05, 3.63) is 35.4 Å². The quantitative estimate of drug-likeness (QED) is 0.899. The van der Waals surface area contributed by atoms with Crippen LogP contribution >= 0.6 is 0 Å². The largest absolute Gasteiger partial charge is 0.344 e. The molecule has 2 amide bonds. The number of carbonyl (C=O) groups is 3. The summed E-state index contributed by atoms with van der Waals surface area (Å²) in [7, 11) is 0. The van der Waals surface area contributed by atoms with Crippen molar-refractivity contribution in [3.8, 4) is 0 Å². The number of nitrogens with one attached hydrogen (secondary N) is 1. The number of benzene rings is 1. The molecular weight excluding hydrogens is 328 g/mol. The number of fused-ring (bicyclic) bond motifs is 1. The molecular formula is C21H30N2O3. The van der Waals surface area contributed by atoms with Crippen LogP contribution in [-0.4, -0.2) is 34.6 Å². The molecule has 2 atom stereocenters. The maximum Gasteiger partial charge on any atom is 0.255 e. The number of amides is 2. The summed E-state index contributed by atoms with van der Waals surface area (Å²) in [4.78, 5) is 39.9. The minimum Gasteiger partial charge on any atom is -0.344 e. The molecule has 26 heavy (non-hydrogen) atoms. The van der Waals surface area contributed by atoms with Gasteiger partial charge in [-0.3, -0.25) is 14.4 Å². The fourth-order valence-electron chi connectivity index (χ4n) is 3.10. The van der Waals surface area contributed by atoms with E-state index in [1.807, 2.05) is 59.7 Å². The van der Waals surface area contributed by atoms with Crippen LogP contribution in [0.15, 0.2) is 24.3 Å². The van der Waals surface area contributed by atoms with Crippen LogP contribution in [0.1, 0.15) is 64.4 Å². The summed E-state index contributed by atoms with van der Waals surface area (Å²) in [6.07, 6.45) is 0. The zero-order valence-electron chi connectivity index (χ0n) is 16.8. The third-order valence-corrected chi connectivity index (χ3v) is 4.85. The normalized spacial score (nSPS) is 16.9. The Morgan fingerprint density at radius 2 is 1.65 bits per heavy atom. The topological polar surface area (TPSA) is 66.5 Å². The van der Waals surface area contributed by atoms with E-state index in [0.29, 0.717) is 12.1 Å². The highest BCUT2D eigenvalue weighted by atomic mass is 16.2. The summed E-state index contributed by atoms with van der Waals surface area (Å²) in [6.45, 7) is 13.5. The van der Waals surface area contributed by atoms with Crippen molar-refractivity contribution in [2.75, 3.05) is 0 Å². The van der Waals surface area contributed by atoms with Crippen LogP contribution in [0.25, 0.3) is 0 Å². The van der Waals surface area contributed by atoms with E-state index in [4.69, 9.17) is 0 Å². The molecule has 1 aromatic carbocycles. The first-order valence-corrected chi connectivity index (χ1v) is 9.07. The standard InChI is InChI=1S/C21H30N2O3/c1-13(23-12-14-10-8-9-11-15(14)19(23)26)18(25)22-16(20(2,3)4)17(24)21(5,6)7/h8-11,13,16H,12H2,1-7H3,(H,22,25). The average Bonchev–Trinajstić information content (AvgIpc) is 2.86. The zero-order valence-corrected chi connectivity index (χ0v) is 16.8. The Bertz CT molecular complexity index is 726. The average molecular weight is 358 g/mol. The summed E-state index contributed by atoms with van der Waals surface area (Å²) in [5, 5.41) is 2.90. The Morgan fingerprint density at radius 1 is 1.08 bits per heavy atom. The van der Waals surface area contributed by atoms with Gasteiger partial charge in [-0.25, -0.2) is 0 Å². The third kappa shape index (κ3) is 3.97. The number of nitrogens with zero attached hydrogens (tertiary/aromatic N) is 1. The maximum atomic E-state index is 12.9. The van der Waals surface area contributed by atoms with E-state index in [1.54, 1.807) is 17.9 Å². The number of hydrogen-bond donors (Lipinski definition) is 1. The predicted octanol–water partition coefficient (Wildman–Crippen LogP) is 3.18. The molecule has 0 saturated carbocycles. The van der Waals surface area contributed by atoms with E-state index < -0.39 is 22.9 Å². The van der Waals surface area contributed by atoms with E-state index in [0.717, 1.165) is 5.56 Å². The molecule has 5 heteroatoms. The van der Waals surface area contributed by atoms with Gasteiger partial charge >= 0.3 is 0 Å². The Morgan fingerprint density at radius 3 is 2.15 bits per heavy atom. The predicted molar refractivity (Wildman–Crippen MR) is 102 cm³/mol.